The highest BCUT2D eigenvalue weighted by molar-refractivity contribution is 9.10. The van der Waals surface area contributed by atoms with Gasteiger partial charge in [-0.1, -0.05) is 42.3 Å². The van der Waals surface area contributed by atoms with Crippen LogP contribution in [-0.2, 0) is 6.42 Å². The minimum absolute atomic E-state index is 0.195. The van der Waals surface area contributed by atoms with Gasteiger partial charge in [-0.25, -0.2) is 4.39 Å². The maximum Gasteiger partial charge on any atom is 0.137 e. The molecule has 0 aliphatic rings. The molecule has 1 aromatic rings. The van der Waals surface area contributed by atoms with Crippen LogP contribution in [0.15, 0.2) is 22.7 Å². The van der Waals surface area contributed by atoms with Crippen molar-refractivity contribution in [1.82, 2.24) is 0 Å². The van der Waals surface area contributed by atoms with Crippen LogP contribution in [-0.4, -0.2) is 5.33 Å². The number of hydrogen-bond acceptors (Lipinski definition) is 0. The Morgan fingerprint density at radius 2 is 2.06 bits per heavy atom. The van der Waals surface area contributed by atoms with Crippen LogP contribution in [0.25, 0.3) is 0 Å². The van der Waals surface area contributed by atoms with Gasteiger partial charge in [-0.05, 0) is 51.9 Å². The van der Waals surface area contributed by atoms with E-state index in [1.807, 2.05) is 12.1 Å². The summed E-state index contributed by atoms with van der Waals surface area (Å²) < 4.78 is 13.7. The smallest absolute Gasteiger partial charge is 0.137 e. The van der Waals surface area contributed by atoms with Gasteiger partial charge in [0.1, 0.15) is 5.82 Å². The second-order valence-corrected chi connectivity index (χ2v) is 6.03. The molecular formula is C13H17Br2F. The molecule has 0 N–H and O–H groups in total. The predicted octanol–water partition coefficient (Wildman–Crippen LogP) is 5.33. The quantitative estimate of drug-likeness (QED) is 0.629. The lowest BCUT2D eigenvalue weighted by molar-refractivity contribution is 0.340. The molecule has 0 heterocycles. The van der Waals surface area contributed by atoms with Crippen LogP contribution in [0, 0.1) is 11.2 Å². The molecule has 0 aromatic heterocycles. The minimum Gasteiger partial charge on any atom is -0.206 e. The molecular weight excluding hydrogens is 335 g/mol. The second-order valence-electron chi connectivity index (χ2n) is 4.62. The molecule has 0 saturated heterocycles. The number of rotatable bonds is 5. The van der Waals surface area contributed by atoms with Crippen molar-refractivity contribution in [3.63, 3.8) is 0 Å². The first-order chi connectivity index (χ1) is 7.50. The van der Waals surface area contributed by atoms with Gasteiger partial charge >= 0.3 is 0 Å². The van der Waals surface area contributed by atoms with Gasteiger partial charge in [-0.2, -0.15) is 0 Å². The Bertz CT molecular complexity index is 352. The van der Waals surface area contributed by atoms with Gasteiger partial charge in [0.15, 0.2) is 0 Å². The summed E-state index contributed by atoms with van der Waals surface area (Å²) in [5, 5.41) is 0.975. The van der Waals surface area contributed by atoms with E-state index in [4.69, 9.17) is 0 Å². The van der Waals surface area contributed by atoms with E-state index in [0.29, 0.717) is 4.47 Å². The van der Waals surface area contributed by atoms with Crippen molar-refractivity contribution in [3.05, 3.63) is 34.1 Å². The molecule has 0 aliphatic heterocycles. The predicted molar refractivity (Wildman–Crippen MR) is 74.6 cm³/mol. The van der Waals surface area contributed by atoms with E-state index >= 15 is 0 Å². The van der Waals surface area contributed by atoms with Crippen LogP contribution in [0.3, 0.4) is 0 Å². The molecule has 0 nitrogen and oxygen atoms in total. The summed E-state index contributed by atoms with van der Waals surface area (Å²) in [6, 6.07) is 5.28. The second kappa shape index (κ2) is 6.15. The van der Waals surface area contributed by atoms with Crippen molar-refractivity contribution in [2.75, 3.05) is 5.33 Å². The fourth-order valence-electron chi connectivity index (χ4n) is 1.95. The molecule has 3 heteroatoms. The Kier molecular flexibility index (Phi) is 5.45. The molecule has 1 atom stereocenters. The number of benzene rings is 1. The zero-order valence-corrected chi connectivity index (χ0v) is 12.9. The first kappa shape index (κ1) is 14.2. The van der Waals surface area contributed by atoms with Gasteiger partial charge in [0.05, 0.1) is 4.47 Å². The summed E-state index contributed by atoms with van der Waals surface area (Å²) in [4.78, 5) is 0. The molecule has 0 saturated carbocycles. The maximum absolute atomic E-state index is 13.1. The van der Waals surface area contributed by atoms with Gasteiger partial charge in [0, 0.05) is 5.33 Å². The summed E-state index contributed by atoms with van der Waals surface area (Å²) in [6.45, 7) is 4.46. The lowest BCUT2D eigenvalue weighted by Gasteiger charge is -2.27. The number of halogens is 3. The van der Waals surface area contributed by atoms with Gasteiger partial charge < -0.3 is 0 Å². The molecule has 0 amide bonds. The Morgan fingerprint density at radius 3 is 2.56 bits per heavy atom. The third-order valence-electron chi connectivity index (χ3n) is 2.79. The minimum atomic E-state index is -0.195. The molecule has 16 heavy (non-hydrogen) atoms. The van der Waals surface area contributed by atoms with Crippen LogP contribution in [0.4, 0.5) is 4.39 Å². The van der Waals surface area contributed by atoms with E-state index in [9.17, 15) is 4.39 Å². The number of alkyl halides is 1. The fourth-order valence-corrected chi connectivity index (χ4v) is 2.85. The van der Waals surface area contributed by atoms with Crippen molar-refractivity contribution in [2.24, 2.45) is 5.41 Å². The molecule has 0 fully saturated rings. The monoisotopic (exact) mass is 350 g/mol. The fraction of sp³-hybridized carbons (Fsp3) is 0.538. The molecule has 0 aliphatic carbocycles. The summed E-state index contributed by atoms with van der Waals surface area (Å²) in [6.07, 6.45) is 3.32. The Hall–Kier alpha value is 0.110. The Morgan fingerprint density at radius 1 is 1.38 bits per heavy atom. The zero-order valence-electron chi connectivity index (χ0n) is 9.69. The van der Waals surface area contributed by atoms with Crippen molar-refractivity contribution < 1.29 is 4.39 Å². The van der Waals surface area contributed by atoms with E-state index < -0.39 is 0 Å². The van der Waals surface area contributed by atoms with Gasteiger partial charge in [0.2, 0.25) is 0 Å². The van der Waals surface area contributed by atoms with E-state index in [1.165, 1.54) is 24.5 Å². The van der Waals surface area contributed by atoms with E-state index in [2.05, 4.69) is 45.7 Å². The van der Waals surface area contributed by atoms with Crippen molar-refractivity contribution >= 4 is 31.9 Å². The molecule has 0 bridgehead atoms. The lowest BCUT2D eigenvalue weighted by atomic mass is 9.82. The van der Waals surface area contributed by atoms with Gasteiger partial charge in [-0.3, -0.25) is 0 Å². The third-order valence-corrected chi connectivity index (χ3v) is 4.75. The van der Waals surface area contributed by atoms with Crippen LogP contribution in [0.1, 0.15) is 32.3 Å². The van der Waals surface area contributed by atoms with E-state index in [0.717, 1.165) is 11.8 Å². The van der Waals surface area contributed by atoms with Crippen LogP contribution in [0.2, 0.25) is 0 Å². The SMILES string of the molecule is CCCC(C)(CBr)Cc1ccc(F)c(Br)c1. The molecule has 0 spiro atoms. The average molecular weight is 352 g/mol. The maximum atomic E-state index is 13.1. The lowest BCUT2D eigenvalue weighted by Crippen LogP contribution is -2.21. The zero-order chi connectivity index (χ0) is 12.2. The van der Waals surface area contributed by atoms with E-state index in [-0.39, 0.29) is 11.2 Å². The van der Waals surface area contributed by atoms with Crippen molar-refractivity contribution in [3.8, 4) is 0 Å². The summed E-state index contributed by atoms with van der Waals surface area (Å²) in [7, 11) is 0. The highest BCUT2D eigenvalue weighted by Gasteiger charge is 2.22. The Labute approximate surface area is 114 Å². The highest BCUT2D eigenvalue weighted by atomic mass is 79.9. The van der Waals surface area contributed by atoms with Crippen molar-refractivity contribution in [1.29, 1.82) is 0 Å². The summed E-state index contributed by atoms with van der Waals surface area (Å²) >= 11 is 6.81. The van der Waals surface area contributed by atoms with E-state index in [1.54, 1.807) is 0 Å². The summed E-state index contributed by atoms with van der Waals surface area (Å²) in [5.41, 5.74) is 1.44. The normalized spacial score (nSPS) is 14.8. The summed E-state index contributed by atoms with van der Waals surface area (Å²) in [5.74, 6) is -0.195. The molecule has 1 unspecified atom stereocenters. The first-order valence-corrected chi connectivity index (χ1v) is 7.42. The van der Waals surface area contributed by atoms with Crippen LogP contribution in [0.5, 0.6) is 0 Å². The first-order valence-electron chi connectivity index (χ1n) is 5.50. The van der Waals surface area contributed by atoms with Crippen molar-refractivity contribution in [2.45, 2.75) is 33.1 Å². The number of hydrogen-bond donors (Lipinski definition) is 0. The largest absolute Gasteiger partial charge is 0.206 e. The van der Waals surface area contributed by atoms with Crippen LogP contribution < -0.4 is 0 Å². The molecule has 1 rings (SSSR count). The standard InChI is InChI=1S/C13H17Br2F/c1-3-6-13(2,9-14)8-10-4-5-12(16)11(15)7-10/h4-5,7H,3,6,8-9H2,1-2H3. The molecule has 90 valence electrons. The van der Waals surface area contributed by atoms with Crippen LogP contribution >= 0.6 is 31.9 Å². The topological polar surface area (TPSA) is 0 Å². The third kappa shape index (κ3) is 3.85. The Balaban J connectivity index is 2.81. The highest BCUT2D eigenvalue weighted by Crippen LogP contribution is 2.31. The van der Waals surface area contributed by atoms with Gasteiger partial charge in [-0.15, -0.1) is 0 Å². The molecule has 0 radical (unpaired) electrons. The van der Waals surface area contributed by atoms with Gasteiger partial charge in [0.25, 0.3) is 0 Å². The molecule has 1 aromatic carbocycles. The average Bonchev–Trinajstić information content (AvgIpc) is 2.24.